The first-order valence-corrected chi connectivity index (χ1v) is 11.0. The van der Waals surface area contributed by atoms with Crippen molar-refractivity contribution in [1.29, 1.82) is 0 Å². The molecule has 31 heavy (non-hydrogen) atoms. The predicted octanol–water partition coefficient (Wildman–Crippen LogP) is 4.55. The van der Waals surface area contributed by atoms with Crippen LogP contribution >= 0.6 is 11.8 Å². The smallest absolute Gasteiger partial charge is 0.267 e. The van der Waals surface area contributed by atoms with Crippen LogP contribution in [0, 0.1) is 27.7 Å². The Morgan fingerprint density at radius 3 is 2.61 bits per heavy atom. The van der Waals surface area contributed by atoms with Crippen LogP contribution in [0.4, 0.5) is 0 Å². The molecule has 0 spiro atoms. The van der Waals surface area contributed by atoms with Gasteiger partial charge < -0.3 is 4.52 Å². The van der Waals surface area contributed by atoms with Gasteiger partial charge >= 0.3 is 0 Å². The molecular weight excluding hydrogens is 410 g/mol. The Hall–Kier alpha value is -3.39. The maximum atomic E-state index is 13.5. The first-order valence-electron chi connectivity index (χ1n) is 9.97. The zero-order valence-electron chi connectivity index (χ0n) is 17.7. The summed E-state index contributed by atoms with van der Waals surface area (Å²) in [5.41, 5.74) is 5.49. The average Bonchev–Trinajstić information content (AvgIpc) is 3.32. The summed E-state index contributed by atoms with van der Waals surface area (Å²) in [6.45, 7) is 7.85. The minimum atomic E-state index is -0.105. The molecule has 0 radical (unpaired) electrons. The minimum absolute atomic E-state index is 0.105. The molecule has 0 aliphatic rings. The van der Waals surface area contributed by atoms with E-state index < -0.39 is 0 Å². The van der Waals surface area contributed by atoms with Gasteiger partial charge in [0.15, 0.2) is 5.16 Å². The van der Waals surface area contributed by atoms with Crippen molar-refractivity contribution in [3.63, 3.8) is 0 Å². The number of para-hydroxylation sites is 1. The number of fused-ring (bicyclic) bond motifs is 3. The van der Waals surface area contributed by atoms with E-state index >= 15 is 0 Å². The molecular formula is C23H21N5O2S. The third kappa shape index (κ3) is 3.14. The first kappa shape index (κ1) is 19.6. The maximum Gasteiger partial charge on any atom is 0.267 e. The van der Waals surface area contributed by atoms with Crippen molar-refractivity contribution in [3.8, 4) is 5.69 Å². The van der Waals surface area contributed by atoms with Crippen molar-refractivity contribution in [2.75, 3.05) is 0 Å². The van der Waals surface area contributed by atoms with Crippen molar-refractivity contribution < 1.29 is 4.52 Å². The van der Waals surface area contributed by atoms with E-state index in [1.54, 1.807) is 16.3 Å². The lowest BCUT2D eigenvalue weighted by atomic mass is 10.1. The summed E-state index contributed by atoms with van der Waals surface area (Å²) in [6, 6.07) is 13.7. The molecule has 0 aliphatic carbocycles. The molecule has 0 unspecified atom stereocenters. The van der Waals surface area contributed by atoms with Gasteiger partial charge in [0.05, 0.1) is 22.3 Å². The number of hydrogen-bond donors (Lipinski definition) is 0. The lowest BCUT2D eigenvalue weighted by Gasteiger charge is -2.14. The van der Waals surface area contributed by atoms with Crippen LogP contribution in [0.3, 0.4) is 0 Å². The van der Waals surface area contributed by atoms with Crippen LogP contribution < -0.4 is 5.56 Å². The summed E-state index contributed by atoms with van der Waals surface area (Å²) in [7, 11) is 0. The molecule has 8 heteroatoms. The van der Waals surface area contributed by atoms with Crippen LogP contribution in [0.5, 0.6) is 0 Å². The fourth-order valence-electron chi connectivity index (χ4n) is 3.79. The molecule has 0 atom stereocenters. The Morgan fingerprint density at radius 2 is 1.84 bits per heavy atom. The van der Waals surface area contributed by atoms with Crippen molar-refractivity contribution in [2.45, 2.75) is 38.6 Å². The molecule has 5 aromatic rings. The third-order valence-corrected chi connectivity index (χ3v) is 6.48. The van der Waals surface area contributed by atoms with Gasteiger partial charge in [-0.1, -0.05) is 41.2 Å². The van der Waals surface area contributed by atoms with Gasteiger partial charge in [-0.2, -0.15) is 0 Å². The molecule has 0 amide bonds. The van der Waals surface area contributed by atoms with E-state index in [9.17, 15) is 4.79 Å². The van der Waals surface area contributed by atoms with E-state index in [-0.39, 0.29) is 5.56 Å². The van der Waals surface area contributed by atoms with Gasteiger partial charge in [0.25, 0.3) is 5.56 Å². The monoisotopic (exact) mass is 431 g/mol. The summed E-state index contributed by atoms with van der Waals surface area (Å²) in [5, 5.41) is 14.3. The van der Waals surface area contributed by atoms with Gasteiger partial charge in [0, 0.05) is 11.3 Å². The second kappa shape index (κ2) is 7.39. The lowest BCUT2D eigenvalue weighted by molar-refractivity contribution is 0.392. The lowest BCUT2D eigenvalue weighted by Crippen LogP contribution is -2.22. The van der Waals surface area contributed by atoms with Gasteiger partial charge in [-0.05, 0) is 57.0 Å². The number of rotatable bonds is 4. The van der Waals surface area contributed by atoms with Crippen LogP contribution in [0.25, 0.3) is 22.4 Å². The predicted molar refractivity (Wildman–Crippen MR) is 121 cm³/mol. The highest BCUT2D eigenvalue weighted by Crippen LogP contribution is 2.28. The quantitative estimate of drug-likeness (QED) is 0.389. The van der Waals surface area contributed by atoms with Crippen LogP contribution in [0.15, 0.2) is 56.9 Å². The zero-order chi connectivity index (χ0) is 21.7. The highest BCUT2D eigenvalue weighted by atomic mass is 32.2. The Morgan fingerprint density at radius 1 is 1.03 bits per heavy atom. The number of thioether (sulfide) groups is 1. The molecule has 7 nitrogen and oxygen atoms in total. The second-order valence-corrected chi connectivity index (χ2v) is 8.60. The van der Waals surface area contributed by atoms with E-state index in [1.165, 1.54) is 0 Å². The van der Waals surface area contributed by atoms with E-state index in [2.05, 4.69) is 15.4 Å². The molecule has 0 fully saturated rings. The topological polar surface area (TPSA) is 78.2 Å². The van der Waals surface area contributed by atoms with Gasteiger partial charge in [0.1, 0.15) is 5.76 Å². The molecule has 2 aromatic carbocycles. The van der Waals surface area contributed by atoms with Crippen molar-refractivity contribution in [1.82, 2.24) is 24.3 Å². The molecule has 0 saturated heterocycles. The van der Waals surface area contributed by atoms with Crippen molar-refractivity contribution in [2.24, 2.45) is 0 Å². The number of aryl methyl sites for hydroxylation is 4. The molecule has 0 N–H and O–H groups in total. The van der Waals surface area contributed by atoms with Crippen molar-refractivity contribution >= 4 is 28.4 Å². The van der Waals surface area contributed by atoms with E-state index in [1.807, 2.05) is 74.6 Å². The van der Waals surface area contributed by atoms with E-state index in [0.717, 1.165) is 39.3 Å². The Balaban J connectivity index is 1.76. The Bertz CT molecular complexity index is 1490. The second-order valence-electron chi connectivity index (χ2n) is 7.66. The normalized spacial score (nSPS) is 11.6. The highest BCUT2D eigenvalue weighted by molar-refractivity contribution is 7.98. The summed E-state index contributed by atoms with van der Waals surface area (Å²) in [4.78, 5) is 13.5. The van der Waals surface area contributed by atoms with Crippen LogP contribution in [-0.4, -0.2) is 24.3 Å². The van der Waals surface area contributed by atoms with Gasteiger partial charge in [-0.3, -0.25) is 9.20 Å². The molecule has 0 saturated carbocycles. The molecule has 156 valence electrons. The van der Waals surface area contributed by atoms with Gasteiger partial charge in [-0.25, -0.2) is 4.57 Å². The fraction of sp³-hybridized carbons (Fsp3) is 0.217. The van der Waals surface area contributed by atoms with E-state index in [4.69, 9.17) is 4.52 Å². The zero-order valence-corrected chi connectivity index (χ0v) is 18.5. The standard InChI is InChI=1S/C23H21N5O2S/c1-13-9-10-14(2)20(11-13)27-21(29)17-7-5-6-8-19(17)28-22(27)24-25-23(28)31-12-18-15(3)26-30-16(18)4/h5-11H,12H2,1-4H3. The van der Waals surface area contributed by atoms with E-state index in [0.29, 0.717) is 22.1 Å². The number of hydrogen-bond acceptors (Lipinski definition) is 6. The Labute approximate surface area is 182 Å². The number of benzene rings is 2. The SMILES string of the molecule is Cc1ccc(C)c(-n2c(=O)c3ccccc3n3c(SCc4c(C)noc4C)nnc23)c1. The first-order chi connectivity index (χ1) is 15.0. The number of nitrogens with zero attached hydrogens (tertiary/aromatic N) is 5. The largest absolute Gasteiger partial charge is 0.361 e. The Kier molecular flexibility index (Phi) is 4.66. The molecule has 3 heterocycles. The molecule has 3 aromatic heterocycles. The summed E-state index contributed by atoms with van der Waals surface area (Å²) in [6.07, 6.45) is 0. The fourth-order valence-corrected chi connectivity index (χ4v) is 4.89. The molecule has 0 aliphatic heterocycles. The minimum Gasteiger partial charge on any atom is -0.361 e. The van der Waals surface area contributed by atoms with Crippen LogP contribution in [-0.2, 0) is 5.75 Å². The molecule has 5 rings (SSSR count). The molecule has 0 bridgehead atoms. The summed E-state index contributed by atoms with van der Waals surface area (Å²) in [5.74, 6) is 1.95. The number of aromatic nitrogens is 5. The van der Waals surface area contributed by atoms with Crippen LogP contribution in [0.1, 0.15) is 28.1 Å². The summed E-state index contributed by atoms with van der Waals surface area (Å²) < 4.78 is 8.91. The van der Waals surface area contributed by atoms with Crippen LogP contribution in [0.2, 0.25) is 0 Å². The van der Waals surface area contributed by atoms with Crippen molar-refractivity contribution in [3.05, 3.63) is 81.0 Å². The van der Waals surface area contributed by atoms with Gasteiger partial charge in [0.2, 0.25) is 5.78 Å². The average molecular weight is 432 g/mol. The summed E-state index contributed by atoms with van der Waals surface area (Å²) >= 11 is 1.55. The third-order valence-electron chi connectivity index (χ3n) is 5.53. The maximum absolute atomic E-state index is 13.5. The van der Waals surface area contributed by atoms with Gasteiger partial charge in [-0.15, -0.1) is 10.2 Å². The highest BCUT2D eigenvalue weighted by Gasteiger charge is 2.20.